The molecule has 1 aromatic carbocycles. The van der Waals surface area contributed by atoms with Gasteiger partial charge in [0.25, 0.3) is 0 Å². The molecule has 0 spiro atoms. The monoisotopic (exact) mass is 288 g/mol. The van der Waals surface area contributed by atoms with Crippen LogP contribution in [0.15, 0.2) is 23.1 Å². The largest absolute Gasteiger partial charge is 0.393 e. The number of aliphatic hydroxyl groups excluding tert-OH is 1. The van der Waals surface area contributed by atoms with E-state index in [4.69, 9.17) is 0 Å². The van der Waals surface area contributed by atoms with E-state index < -0.39 is 0 Å². The van der Waals surface area contributed by atoms with Gasteiger partial charge < -0.3 is 5.11 Å². The summed E-state index contributed by atoms with van der Waals surface area (Å²) in [5, 5.41) is 10.4. The van der Waals surface area contributed by atoms with Crippen molar-refractivity contribution < 1.29 is 5.11 Å². The smallest absolute Gasteiger partial charge is 0.0596 e. The third-order valence-corrected chi connectivity index (χ3v) is 6.94. The Morgan fingerprint density at radius 2 is 2.05 bits per heavy atom. The predicted molar refractivity (Wildman–Crippen MR) is 84.3 cm³/mol. The summed E-state index contributed by atoms with van der Waals surface area (Å²) in [7, 11) is 0. The minimum atomic E-state index is -0.0605. The maximum atomic E-state index is 10.4. The van der Waals surface area contributed by atoms with E-state index in [0.29, 0.717) is 0 Å². The van der Waals surface area contributed by atoms with E-state index in [1.54, 1.807) is 5.56 Å². The fourth-order valence-electron chi connectivity index (χ4n) is 5.54. The van der Waals surface area contributed by atoms with Gasteiger partial charge in [-0.1, -0.05) is 13.0 Å². The van der Waals surface area contributed by atoms with Crippen LogP contribution in [0.2, 0.25) is 0 Å². The lowest BCUT2D eigenvalue weighted by molar-refractivity contribution is -0.0226. The second-order valence-corrected chi connectivity index (χ2v) is 7.95. The molecule has 0 radical (unpaired) electrons. The van der Waals surface area contributed by atoms with Crippen molar-refractivity contribution in [3.63, 3.8) is 0 Å². The lowest BCUT2D eigenvalue weighted by Crippen LogP contribution is -2.43. The molecule has 0 amide bonds. The highest BCUT2D eigenvalue weighted by Gasteiger charge is 2.54. The van der Waals surface area contributed by atoms with Crippen LogP contribution in [0, 0.1) is 17.3 Å². The van der Waals surface area contributed by atoms with E-state index in [9.17, 15) is 5.11 Å². The van der Waals surface area contributed by atoms with Crippen LogP contribution in [0.3, 0.4) is 0 Å². The summed E-state index contributed by atoms with van der Waals surface area (Å²) in [5.41, 5.74) is 3.31. The van der Waals surface area contributed by atoms with Crippen LogP contribution in [-0.2, 0) is 6.42 Å². The number of benzene rings is 1. The maximum absolute atomic E-state index is 10.4. The van der Waals surface area contributed by atoms with E-state index in [0.717, 1.165) is 29.1 Å². The maximum Gasteiger partial charge on any atom is 0.0596 e. The highest BCUT2D eigenvalue weighted by Crippen LogP contribution is 2.60. The van der Waals surface area contributed by atoms with Gasteiger partial charge in [-0.15, -0.1) is 12.6 Å². The van der Waals surface area contributed by atoms with Gasteiger partial charge in [-0.05, 0) is 85.0 Å². The molecule has 2 heteroatoms. The minimum absolute atomic E-state index is 0.0605. The normalized spacial score (nSPS) is 42.8. The molecule has 0 aromatic heterocycles. The average Bonchev–Trinajstić information content (AvgIpc) is 2.74. The Morgan fingerprint density at radius 1 is 1.20 bits per heavy atom. The number of aliphatic hydroxyl groups is 1. The number of fused-ring (bicyclic) bond motifs is 5. The van der Waals surface area contributed by atoms with Gasteiger partial charge in [0.15, 0.2) is 0 Å². The molecule has 1 aromatic rings. The fourth-order valence-corrected chi connectivity index (χ4v) is 5.77. The van der Waals surface area contributed by atoms with Gasteiger partial charge in [0.1, 0.15) is 0 Å². The summed E-state index contributed by atoms with van der Waals surface area (Å²) in [6.07, 6.45) is 7.16. The summed E-state index contributed by atoms with van der Waals surface area (Å²) >= 11 is 4.49. The van der Waals surface area contributed by atoms with Crippen molar-refractivity contribution in [2.75, 3.05) is 0 Å². The van der Waals surface area contributed by atoms with Crippen molar-refractivity contribution in [3.05, 3.63) is 29.3 Å². The van der Waals surface area contributed by atoms with Crippen molar-refractivity contribution in [2.45, 2.75) is 62.4 Å². The second-order valence-electron chi connectivity index (χ2n) is 7.44. The van der Waals surface area contributed by atoms with E-state index in [1.165, 1.54) is 37.7 Å². The van der Waals surface area contributed by atoms with Gasteiger partial charge in [0.2, 0.25) is 0 Å². The van der Waals surface area contributed by atoms with Gasteiger partial charge in [0, 0.05) is 4.90 Å². The Morgan fingerprint density at radius 3 is 2.90 bits per heavy atom. The molecule has 20 heavy (non-hydrogen) atoms. The number of rotatable bonds is 0. The lowest BCUT2D eigenvalue weighted by atomic mass is 9.55. The van der Waals surface area contributed by atoms with E-state index in [2.05, 4.69) is 37.8 Å². The van der Waals surface area contributed by atoms with Crippen LogP contribution in [0.4, 0.5) is 0 Å². The molecule has 3 aliphatic carbocycles. The van der Waals surface area contributed by atoms with Crippen LogP contribution in [-0.4, -0.2) is 11.2 Å². The molecule has 0 bridgehead atoms. The summed E-state index contributed by atoms with van der Waals surface area (Å²) in [6.45, 7) is 2.35. The van der Waals surface area contributed by atoms with Crippen LogP contribution in [0.5, 0.6) is 0 Å². The molecule has 0 aliphatic heterocycles. The van der Waals surface area contributed by atoms with Crippen LogP contribution in [0.1, 0.15) is 56.1 Å². The molecule has 4 rings (SSSR count). The molecule has 108 valence electrons. The second kappa shape index (κ2) is 4.51. The molecular formula is C18H24OS. The first kappa shape index (κ1) is 13.2. The Balaban J connectivity index is 1.71. The molecule has 5 unspecified atom stereocenters. The Labute approximate surface area is 127 Å². The molecule has 0 heterocycles. The van der Waals surface area contributed by atoms with Gasteiger partial charge in [0.05, 0.1) is 6.10 Å². The standard InChI is InChI=1S/C18H24OS/c1-18-9-8-14-13-5-3-12(20)10-11(13)2-4-15(14)16(18)6-7-17(18)19/h3,5,10,14-17,19-20H,2,4,6-9H2,1H3. The Bertz CT molecular complexity index is 540. The number of aryl methyl sites for hydroxylation is 1. The van der Waals surface area contributed by atoms with Crippen molar-refractivity contribution in [2.24, 2.45) is 17.3 Å². The Hall–Kier alpha value is -0.470. The first-order valence-corrected chi connectivity index (χ1v) is 8.54. The first-order chi connectivity index (χ1) is 9.59. The quantitative estimate of drug-likeness (QED) is 0.686. The van der Waals surface area contributed by atoms with Crippen LogP contribution < -0.4 is 0 Å². The summed E-state index contributed by atoms with van der Waals surface area (Å²) in [6, 6.07) is 6.75. The highest BCUT2D eigenvalue weighted by atomic mass is 32.1. The van der Waals surface area contributed by atoms with Gasteiger partial charge in [-0.25, -0.2) is 0 Å². The lowest BCUT2D eigenvalue weighted by Gasteiger charge is -2.50. The predicted octanol–water partition coefficient (Wildman–Crippen LogP) is 4.19. The molecular weight excluding hydrogens is 264 g/mol. The third kappa shape index (κ3) is 1.74. The highest BCUT2D eigenvalue weighted by molar-refractivity contribution is 7.80. The van der Waals surface area contributed by atoms with Crippen LogP contribution >= 0.6 is 12.6 Å². The van der Waals surface area contributed by atoms with E-state index in [-0.39, 0.29) is 11.5 Å². The molecule has 5 atom stereocenters. The SMILES string of the molecule is CC12CCC3c4ccc(S)cc4CCC3C1CCC2O. The molecule has 1 nitrogen and oxygen atoms in total. The van der Waals surface area contributed by atoms with E-state index in [1.807, 2.05) is 0 Å². The number of thiol groups is 1. The van der Waals surface area contributed by atoms with Crippen molar-refractivity contribution in [1.29, 1.82) is 0 Å². The van der Waals surface area contributed by atoms with Crippen molar-refractivity contribution >= 4 is 12.6 Å². The molecule has 3 aliphatic rings. The van der Waals surface area contributed by atoms with Gasteiger partial charge in [-0.2, -0.15) is 0 Å². The molecule has 0 saturated heterocycles. The molecule has 2 saturated carbocycles. The van der Waals surface area contributed by atoms with Crippen LogP contribution in [0.25, 0.3) is 0 Å². The summed E-state index contributed by atoms with van der Waals surface area (Å²) in [4.78, 5) is 1.10. The van der Waals surface area contributed by atoms with Gasteiger partial charge >= 0.3 is 0 Å². The van der Waals surface area contributed by atoms with Crippen molar-refractivity contribution in [1.82, 2.24) is 0 Å². The molecule has 2 fully saturated rings. The zero-order valence-corrected chi connectivity index (χ0v) is 13.1. The summed E-state index contributed by atoms with van der Waals surface area (Å²) in [5.74, 6) is 2.26. The van der Waals surface area contributed by atoms with E-state index >= 15 is 0 Å². The zero-order valence-electron chi connectivity index (χ0n) is 12.2. The summed E-state index contributed by atoms with van der Waals surface area (Å²) < 4.78 is 0. The number of hydrogen-bond acceptors (Lipinski definition) is 2. The number of hydrogen-bond donors (Lipinski definition) is 2. The third-order valence-electron chi connectivity index (χ3n) is 6.66. The Kier molecular flexibility index (Phi) is 2.98. The zero-order chi connectivity index (χ0) is 13.9. The fraction of sp³-hybridized carbons (Fsp3) is 0.667. The topological polar surface area (TPSA) is 20.2 Å². The van der Waals surface area contributed by atoms with Gasteiger partial charge in [-0.3, -0.25) is 0 Å². The average molecular weight is 288 g/mol. The minimum Gasteiger partial charge on any atom is -0.393 e. The molecule has 1 N–H and O–H groups in total. The van der Waals surface area contributed by atoms with Crippen molar-refractivity contribution in [3.8, 4) is 0 Å². The first-order valence-electron chi connectivity index (χ1n) is 8.09.